The van der Waals surface area contributed by atoms with Crippen LogP contribution in [0.5, 0.6) is 5.75 Å². The molecular formula is C19H16N2O5S. The van der Waals surface area contributed by atoms with Crippen molar-refractivity contribution in [3.8, 4) is 11.8 Å². The van der Waals surface area contributed by atoms with Crippen LogP contribution in [0, 0.1) is 11.3 Å². The molecule has 0 unspecified atom stereocenters. The predicted octanol–water partition coefficient (Wildman–Crippen LogP) is 2.78. The fourth-order valence-electron chi connectivity index (χ4n) is 2.83. The summed E-state index contributed by atoms with van der Waals surface area (Å²) >= 11 is 0. The van der Waals surface area contributed by atoms with E-state index in [4.69, 9.17) is 15.1 Å². The van der Waals surface area contributed by atoms with E-state index in [0.717, 1.165) is 3.97 Å². The van der Waals surface area contributed by atoms with E-state index in [1.807, 2.05) is 6.07 Å². The van der Waals surface area contributed by atoms with E-state index < -0.39 is 16.0 Å². The number of hydrogen-bond donors (Lipinski definition) is 1. The van der Waals surface area contributed by atoms with Crippen molar-refractivity contribution in [2.24, 2.45) is 0 Å². The van der Waals surface area contributed by atoms with Crippen LogP contribution in [-0.4, -0.2) is 30.6 Å². The largest absolute Gasteiger partial charge is 0.497 e. The average molecular weight is 384 g/mol. The first-order valence-corrected chi connectivity index (χ1v) is 9.46. The monoisotopic (exact) mass is 384 g/mol. The van der Waals surface area contributed by atoms with Gasteiger partial charge in [0.2, 0.25) is 0 Å². The van der Waals surface area contributed by atoms with Crippen molar-refractivity contribution in [3.63, 3.8) is 0 Å². The molecule has 0 atom stereocenters. The molecule has 0 saturated heterocycles. The Bertz CT molecular complexity index is 1160. The molecular weight excluding hydrogens is 368 g/mol. The molecule has 8 heteroatoms. The molecule has 0 spiro atoms. The lowest BCUT2D eigenvalue weighted by Gasteiger charge is -2.08. The summed E-state index contributed by atoms with van der Waals surface area (Å²) in [7, 11) is -2.41. The molecule has 138 valence electrons. The molecule has 27 heavy (non-hydrogen) atoms. The van der Waals surface area contributed by atoms with Crippen molar-refractivity contribution in [2.75, 3.05) is 7.11 Å². The van der Waals surface area contributed by atoms with Gasteiger partial charge >= 0.3 is 5.97 Å². The number of aromatic nitrogens is 1. The Kier molecular flexibility index (Phi) is 4.88. The third-order valence-corrected chi connectivity index (χ3v) is 5.90. The average Bonchev–Trinajstić information content (AvgIpc) is 3.05. The maximum atomic E-state index is 13.1. The van der Waals surface area contributed by atoms with E-state index in [-0.39, 0.29) is 17.7 Å². The van der Waals surface area contributed by atoms with Gasteiger partial charge in [0, 0.05) is 18.0 Å². The number of nitrogens with zero attached hydrogens (tertiary/aromatic N) is 2. The first-order valence-electron chi connectivity index (χ1n) is 8.02. The quantitative estimate of drug-likeness (QED) is 0.700. The highest BCUT2D eigenvalue weighted by molar-refractivity contribution is 7.90. The van der Waals surface area contributed by atoms with Crippen LogP contribution in [0.15, 0.2) is 53.6 Å². The van der Waals surface area contributed by atoms with Crippen molar-refractivity contribution in [2.45, 2.75) is 17.7 Å². The van der Waals surface area contributed by atoms with E-state index in [1.54, 1.807) is 18.2 Å². The van der Waals surface area contributed by atoms with Crippen LogP contribution in [0.2, 0.25) is 0 Å². The fraction of sp³-hybridized carbons (Fsp3) is 0.158. The van der Waals surface area contributed by atoms with E-state index in [0.29, 0.717) is 27.8 Å². The molecule has 1 aromatic heterocycles. The second kappa shape index (κ2) is 7.13. The molecule has 3 aromatic rings. The summed E-state index contributed by atoms with van der Waals surface area (Å²) in [6.45, 7) is 0. The molecule has 1 N–H and O–H groups in total. The highest BCUT2D eigenvalue weighted by Gasteiger charge is 2.22. The van der Waals surface area contributed by atoms with Gasteiger partial charge in [-0.25, -0.2) is 12.4 Å². The molecule has 1 heterocycles. The number of fused-ring (bicyclic) bond motifs is 1. The van der Waals surface area contributed by atoms with Crippen molar-refractivity contribution >= 4 is 26.9 Å². The number of aryl methyl sites for hydroxylation is 1. The predicted molar refractivity (Wildman–Crippen MR) is 98.2 cm³/mol. The molecule has 0 amide bonds. The van der Waals surface area contributed by atoms with Gasteiger partial charge in [0.05, 0.1) is 29.2 Å². The van der Waals surface area contributed by atoms with Crippen LogP contribution in [0.25, 0.3) is 10.9 Å². The van der Waals surface area contributed by atoms with Crippen LogP contribution in [0.3, 0.4) is 0 Å². The Labute approximate surface area is 156 Å². The first-order chi connectivity index (χ1) is 12.9. The number of carboxylic acid groups (broad SMARTS) is 1. The second-order valence-electron chi connectivity index (χ2n) is 5.87. The first kappa shape index (κ1) is 18.5. The van der Waals surface area contributed by atoms with Gasteiger partial charge < -0.3 is 9.84 Å². The highest BCUT2D eigenvalue weighted by Crippen LogP contribution is 2.30. The van der Waals surface area contributed by atoms with Crippen molar-refractivity contribution < 1.29 is 23.1 Å². The summed E-state index contributed by atoms with van der Waals surface area (Å²) < 4.78 is 32.5. The van der Waals surface area contributed by atoms with Gasteiger partial charge in [-0.05, 0) is 54.4 Å². The minimum Gasteiger partial charge on any atom is -0.497 e. The zero-order valence-electron chi connectivity index (χ0n) is 14.4. The zero-order valence-corrected chi connectivity index (χ0v) is 15.2. The van der Waals surface area contributed by atoms with Gasteiger partial charge in [0.1, 0.15) is 5.75 Å². The second-order valence-corrected chi connectivity index (χ2v) is 7.68. The van der Waals surface area contributed by atoms with E-state index >= 15 is 0 Å². The summed E-state index contributed by atoms with van der Waals surface area (Å²) in [5, 5.41) is 18.5. The maximum absolute atomic E-state index is 13.1. The SMILES string of the molecule is COc1ccc2c(c1)c(CCC(=O)O)cn2S(=O)(=O)c1ccc(C#N)cc1. The smallest absolute Gasteiger partial charge is 0.303 e. The number of benzene rings is 2. The molecule has 0 radical (unpaired) electrons. The lowest BCUT2D eigenvalue weighted by molar-refractivity contribution is -0.136. The highest BCUT2D eigenvalue weighted by atomic mass is 32.2. The minimum absolute atomic E-state index is 0.0407. The molecule has 3 rings (SSSR count). The molecule has 2 aromatic carbocycles. The number of aliphatic carboxylic acids is 1. The van der Waals surface area contributed by atoms with Crippen LogP contribution in [0.4, 0.5) is 0 Å². The van der Waals surface area contributed by atoms with E-state index in [1.165, 1.54) is 37.6 Å². The summed E-state index contributed by atoms with van der Waals surface area (Å²) in [6, 6.07) is 12.5. The van der Waals surface area contributed by atoms with E-state index in [9.17, 15) is 13.2 Å². The van der Waals surface area contributed by atoms with Gasteiger partial charge in [-0.15, -0.1) is 0 Å². The van der Waals surface area contributed by atoms with Gasteiger partial charge in [-0.1, -0.05) is 0 Å². The number of hydrogen-bond acceptors (Lipinski definition) is 5. The van der Waals surface area contributed by atoms with Crippen LogP contribution in [0.1, 0.15) is 17.5 Å². The van der Waals surface area contributed by atoms with Gasteiger partial charge in [-0.2, -0.15) is 5.26 Å². The lowest BCUT2D eigenvalue weighted by atomic mass is 10.1. The summed E-state index contributed by atoms with van der Waals surface area (Å²) in [6.07, 6.45) is 1.52. The summed E-state index contributed by atoms with van der Waals surface area (Å²) in [5.74, 6) is -0.415. The number of carboxylic acids is 1. The molecule has 0 saturated carbocycles. The lowest BCUT2D eigenvalue weighted by Crippen LogP contribution is -2.11. The Morgan fingerprint density at radius 3 is 2.52 bits per heavy atom. The summed E-state index contributed by atoms with van der Waals surface area (Å²) in [5.41, 5.74) is 1.39. The molecule has 0 aliphatic rings. The molecule has 0 aliphatic heterocycles. The van der Waals surface area contributed by atoms with Crippen LogP contribution >= 0.6 is 0 Å². The van der Waals surface area contributed by atoms with Crippen LogP contribution in [-0.2, 0) is 21.2 Å². The number of methoxy groups -OCH3 is 1. The fourth-order valence-corrected chi connectivity index (χ4v) is 4.22. The maximum Gasteiger partial charge on any atom is 0.303 e. The Hall–Kier alpha value is -3.31. The minimum atomic E-state index is -3.91. The number of rotatable bonds is 6. The third-order valence-electron chi connectivity index (χ3n) is 4.21. The number of carbonyl (C=O) groups is 1. The van der Waals surface area contributed by atoms with Gasteiger partial charge in [0.15, 0.2) is 0 Å². The molecule has 0 bridgehead atoms. The summed E-state index contributed by atoms with van der Waals surface area (Å²) in [4.78, 5) is 11.0. The van der Waals surface area contributed by atoms with Crippen molar-refractivity contribution in [3.05, 3.63) is 59.8 Å². The van der Waals surface area contributed by atoms with E-state index in [2.05, 4.69) is 0 Å². The van der Waals surface area contributed by atoms with Crippen LogP contribution < -0.4 is 4.74 Å². The molecule has 7 nitrogen and oxygen atoms in total. The standard InChI is InChI=1S/C19H16N2O5S/c1-26-15-5-8-18-17(10-15)14(4-9-19(22)23)12-21(18)27(24,25)16-6-2-13(11-20)3-7-16/h2-3,5-8,10,12H,4,9H2,1H3,(H,22,23). The normalized spacial score (nSPS) is 11.3. The number of nitriles is 1. The zero-order chi connectivity index (χ0) is 19.6. The third kappa shape index (κ3) is 3.50. The Balaban J connectivity index is 2.17. The van der Waals surface area contributed by atoms with Gasteiger partial charge in [-0.3, -0.25) is 4.79 Å². The Morgan fingerprint density at radius 2 is 1.93 bits per heavy atom. The number of ether oxygens (including phenoxy) is 1. The topological polar surface area (TPSA) is 109 Å². The van der Waals surface area contributed by atoms with Crippen molar-refractivity contribution in [1.82, 2.24) is 3.97 Å². The van der Waals surface area contributed by atoms with Crippen molar-refractivity contribution in [1.29, 1.82) is 5.26 Å². The molecule has 0 fully saturated rings. The molecule has 0 aliphatic carbocycles. The Morgan fingerprint density at radius 1 is 1.22 bits per heavy atom. The van der Waals surface area contributed by atoms with Gasteiger partial charge in [0.25, 0.3) is 10.0 Å².